The summed E-state index contributed by atoms with van der Waals surface area (Å²) in [5, 5.41) is 5.25. The van der Waals surface area contributed by atoms with Gasteiger partial charge < -0.3 is 20.7 Å². The quantitative estimate of drug-likeness (QED) is 0.383. The number of ether oxygens (including phenoxy) is 1. The van der Waals surface area contributed by atoms with Crippen LogP contribution in [0.25, 0.3) is 32.9 Å². The molecule has 8 nitrogen and oxygen atoms in total. The molecule has 2 unspecified atom stereocenters. The van der Waals surface area contributed by atoms with Gasteiger partial charge in [-0.2, -0.15) is 9.97 Å². The summed E-state index contributed by atoms with van der Waals surface area (Å²) in [5.74, 6) is 0.727. The van der Waals surface area contributed by atoms with E-state index in [2.05, 4.69) is 20.1 Å². The summed E-state index contributed by atoms with van der Waals surface area (Å²) in [7, 11) is 0. The van der Waals surface area contributed by atoms with Crippen molar-refractivity contribution in [1.29, 1.82) is 0 Å². The van der Waals surface area contributed by atoms with Crippen molar-refractivity contribution in [2.24, 2.45) is 0 Å². The van der Waals surface area contributed by atoms with Gasteiger partial charge in [0.15, 0.2) is 5.82 Å². The fourth-order valence-electron chi connectivity index (χ4n) is 7.69. The third kappa shape index (κ3) is 3.89. The zero-order chi connectivity index (χ0) is 26.8. The molecule has 4 aliphatic rings. The first kappa shape index (κ1) is 24.3. The number of nitrogens with one attached hydrogen (secondary N) is 1. The van der Waals surface area contributed by atoms with E-state index in [4.69, 9.17) is 20.4 Å². The third-order valence-electron chi connectivity index (χ3n) is 9.59. The maximum Gasteiger partial charge on any atom is 0.319 e. The third-order valence-corrected chi connectivity index (χ3v) is 9.59. The normalized spacial score (nSPS) is 23.8. The van der Waals surface area contributed by atoms with Crippen molar-refractivity contribution >= 4 is 33.4 Å². The van der Waals surface area contributed by atoms with E-state index in [1.807, 2.05) is 36.4 Å². The number of rotatable bonds is 5. The van der Waals surface area contributed by atoms with Crippen molar-refractivity contribution in [1.82, 2.24) is 25.2 Å². The predicted molar refractivity (Wildman–Crippen MR) is 155 cm³/mol. The number of fused-ring (bicyclic) bond motifs is 5. The van der Waals surface area contributed by atoms with Crippen molar-refractivity contribution in [3.05, 3.63) is 48.3 Å². The molecule has 4 aromatic rings. The first-order chi connectivity index (χ1) is 19.6. The highest BCUT2D eigenvalue weighted by atomic mass is 19.1. The molecule has 4 saturated heterocycles. The van der Waals surface area contributed by atoms with Crippen molar-refractivity contribution in [2.45, 2.75) is 56.1 Å². The van der Waals surface area contributed by atoms with E-state index in [9.17, 15) is 0 Å². The van der Waals surface area contributed by atoms with Crippen molar-refractivity contribution in [3.8, 4) is 17.1 Å². The number of halogens is 1. The molecule has 0 saturated carbocycles. The summed E-state index contributed by atoms with van der Waals surface area (Å²) in [6, 6.07) is 14.3. The first-order valence-corrected chi connectivity index (χ1v) is 14.6. The topological polar surface area (TPSA) is 92.4 Å². The van der Waals surface area contributed by atoms with Gasteiger partial charge in [0.1, 0.15) is 23.8 Å². The average molecular weight is 540 g/mol. The van der Waals surface area contributed by atoms with Gasteiger partial charge in [-0.15, -0.1) is 0 Å². The highest BCUT2D eigenvalue weighted by molar-refractivity contribution is 6.00. The minimum atomic E-state index is -0.388. The lowest BCUT2D eigenvalue weighted by molar-refractivity contribution is 0.108. The second kappa shape index (κ2) is 9.24. The van der Waals surface area contributed by atoms with Crippen LogP contribution in [0.1, 0.15) is 38.5 Å². The molecule has 4 aliphatic heterocycles. The molecule has 0 amide bonds. The Labute approximate surface area is 232 Å². The van der Waals surface area contributed by atoms with Gasteiger partial charge in [0.05, 0.1) is 11.1 Å². The van der Waals surface area contributed by atoms with E-state index in [0.717, 1.165) is 68.6 Å². The number of hydrogen-bond donors (Lipinski definition) is 2. The van der Waals surface area contributed by atoms with Crippen molar-refractivity contribution in [3.63, 3.8) is 0 Å². The molecule has 206 valence electrons. The molecule has 3 N–H and O–H groups in total. The van der Waals surface area contributed by atoms with E-state index in [-0.39, 0.29) is 22.9 Å². The smallest absolute Gasteiger partial charge is 0.319 e. The number of hydrogen-bond acceptors (Lipinski definition) is 8. The van der Waals surface area contributed by atoms with Crippen molar-refractivity contribution < 1.29 is 9.13 Å². The van der Waals surface area contributed by atoms with E-state index >= 15 is 4.39 Å². The monoisotopic (exact) mass is 539 g/mol. The number of para-hydroxylation sites is 1. The molecule has 2 aromatic heterocycles. The lowest BCUT2D eigenvalue weighted by Crippen LogP contribution is -2.51. The molecule has 40 heavy (non-hydrogen) atoms. The fraction of sp³-hybridized carbons (Fsp3) is 0.452. The molecule has 4 fully saturated rings. The Kier molecular flexibility index (Phi) is 5.60. The van der Waals surface area contributed by atoms with Crippen LogP contribution in [-0.4, -0.2) is 70.3 Å². The Morgan fingerprint density at radius 2 is 1.73 bits per heavy atom. The fourth-order valence-corrected chi connectivity index (χ4v) is 7.69. The molecule has 2 aromatic carbocycles. The Balaban J connectivity index is 1.25. The average Bonchev–Trinajstić information content (AvgIpc) is 3.65. The standard InChI is InChI=1S/C31H34FN7O/c32-27-22(24-15-26(33)35-25-6-2-1-5-21(24)25)9-10-23-28(27)36-30(40-18-31-11-3-13-39(31)14-4-12-31)37-29(23)38-16-19-7-8-20(17-38)34-19/h1-2,5-6,9-10,15,19-20,34H,3-4,7-8,11-14,16-18H2,(H2,33,35). The Morgan fingerprint density at radius 3 is 2.52 bits per heavy atom. The van der Waals surface area contributed by atoms with Crippen LogP contribution in [0.2, 0.25) is 0 Å². The predicted octanol–water partition coefficient (Wildman–Crippen LogP) is 4.51. The van der Waals surface area contributed by atoms with Crippen molar-refractivity contribution in [2.75, 3.05) is 43.4 Å². The second-order valence-corrected chi connectivity index (χ2v) is 12.0. The molecule has 0 radical (unpaired) electrons. The summed E-state index contributed by atoms with van der Waals surface area (Å²) in [6.07, 6.45) is 6.95. The minimum absolute atomic E-state index is 0.0561. The first-order valence-electron chi connectivity index (χ1n) is 14.6. The number of anilines is 2. The van der Waals surface area contributed by atoms with Gasteiger partial charge in [0.2, 0.25) is 0 Å². The summed E-state index contributed by atoms with van der Waals surface area (Å²) in [5.41, 5.74) is 8.38. The summed E-state index contributed by atoms with van der Waals surface area (Å²) < 4.78 is 23.0. The van der Waals surface area contributed by atoms with Crippen LogP contribution in [-0.2, 0) is 0 Å². The lowest BCUT2D eigenvalue weighted by atomic mass is 9.95. The number of benzene rings is 2. The van der Waals surface area contributed by atoms with Crippen LogP contribution >= 0.6 is 0 Å². The molecule has 6 heterocycles. The summed E-state index contributed by atoms with van der Waals surface area (Å²) in [4.78, 5) is 19.0. The number of nitrogens with two attached hydrogens (primary N) is 1. The maximum absolute atomic E-state index is 16.6. The molecule has 9 heteroatoms. The number of nitrogens with zero attached hydrogens (tertiary/aromatic N) is 5. The number of pyridine rings is 1. The highest BCUT2D eigenvalue weighted by Crippen LogP contribution is 2.40. The van der Waals surface area contributed by atoms with Gasteiger partial charge in [-0.1, -0.05) is 24.3 Å². The van der Waals surface area contributed by atoms with Crippen LogP contribution in [0, 0.1) is 5.82 Å². The SMILES string of the molecule is Nc1cc(-c2ccc3c(N4CC5CCC(C4)N5)nc(OCC45CCCN4CCC5)nc3c2F)c2ccccc2n1. The Bertz CT molecular complexity index is 1600. The number of aromatic nitrogens is 3. The van der Waals surface area contributed by atoms with Crippen LogP contribution in [0.3, 0.4) is 0 Å². The molecule has 2 atom stereocenters. The molecule has 0 spiro atoms. The van der Waals surface area contributed by atoms with Crippen LogP contribution in [0.4, 0.5) is 16.0 Å². The van der Waals surface area contributed by atoms with Crippen LogP contribution in [0.5, 0.6) is 6.01 Å². The van der Waals surface area contributed by atoms with Crippen LogP contribution in [0.15, 0.2) is 42.5 Å². The number of nitrogen functional groups attached to an aromatic ring is 1. The summed E-state index contributed by atoms with van der Waals surface area (Å²) in [6.45, 7) is 4.47. The maximum atomic E-state index is 16.6. The molecular weight excluding hydrogens is 505 g/mol. The van der Waals surface area contributed by atoms with Gasteiger partial charge in [-0.05, 0) is 75.4 Å². The second-order valence-electron chi connectivity index (χ2n) is 12.0. The largest absolute Gasteiger partial charge is 0.461 e. The van der Waals surface area contributed by atoms with Crippen LogP contribution < -0.4 is 20.7 Å². The van der Waals surface area contributed by atoms with E-state index in [1.54, 1.807) is 6.07 Å². The Morgan fingerprint density at radius 1 is 0.950 bits per heavy atom. The van der Waals surface area contributed by atoms with Gasteiger partial charge in [0, 0.05) is 41.5 Å². The highest BCUT2D eigenvalue weighted by Gasteiger charge is 2.45. The summed E-state index contributed by atoms with van der Waals surface area (Å²) >= 11 is 0. The van der Waals surface area contributed by atoms with Gasteiger partial charge in [-0.25, -0.2) is 9.37 Å². The van der Waals surface area contributed by atoms with Gasteiger partial charge in [-0.3, -0.25) is 4.90 Å². The molecular formula is C31H34FN7O. The van der Waals surface area contributed by atoms with E-state index in [1.165, 1.54) is 12.8 Å². The van der Waals surface area contributed by atoms with E-state index < -0.39 is 0 Å². The molecule has 2 bridgehead atoms. The Hall–Kier alpha value is -3.56. The van der Waals surface area contributed by atoms with Gasteiger partial charge >= 0.3 is 6.01 Å². The molecule has 8 rings (SSSR count). The lowest BCUT2D eigenvalue weighted by Gasteiger charge is -2.34. The zero-order valence-corrected chi connectivity index (χ0v) is 22.6. The zero-order valence-electron chi connectivity index (χ0n) is 22.6. The molecule has 0 aliphatic carbocycles. The van der Waals surface area contributed by atoms with E-state index in [0.29, 0.717) is 41.0 Å². The van der Waals surface area contributed by atoms with Gasteiger partial charge in [0.25, 0.3) is 0 Å². The minimum Gasteiger partial charge on any atom is -0.461 e. The number of piperazine rings is 1.